The number of amides is 1. The number of carbonyl (C=O) groups excluding carboxylic acids is 1. The lowest BCUT2D eigenvalue weighted by Crippen LogP contribution is -2.35. The summed E-state index contributed by atoms with van der Waals surface area (Å²) in [6, 6.07) is 15.7. The maximum absolute atomic E-state index is 13.0. The van der Waals surface area contributed by atoms with Crippen molar-refractivity contribution in [3.05, 3.63) is 70.9 Å². The number of ether oxygens (including phenoxy) is 1. The molecule has 0 bridgehead atoms. The Hall–Kier alpha value is -2.92. The summed E-state index contributed by atoms with van der Waals surface area (Å²) < 4.78 is 5.51. The molecule has 2 aromatic carbocycles. The standard InChI is InChI=1S/C23H27N3O2/c1-15-10-11-20-18(12-15)19(13-16(2)25-20)23(27)24-14-21(26(3)4)17-8-6-7-9-22(17)28-5/h6-13,21H,14H2,1-5H3,(H,24,27). The molecule has 1 unspecified atom stereocenters. The molecule has 5 heteroatoms. The number of aromatic nitrogens is 1. The second kappa shape index (κ2) is 8.40. The minimum atomic E-state index is -0.0946. The average molecular weight is 377 g/mol. The third-order valence-electron chi connectivity index (χ3n) is 4.91. The molecule has 28 heavy (non-hydrogen) atoms. The van der Waals surface area contributed by atoms with Gasteiger partial charge in [-0.1, -0.05) is 29.8 Å². The molecular formula is C23H27N3O2. The Morgan fingerprint density at radius 3 is 2.61 bits per heavy atom. The molecule has 3 rings (SSSR count). The van der Waals surface area contributed by atoms with Gasteiger partial charge in [-0.25, -0.2) is 0 Å². The van der Waals surface area contributed by atoms with Gasteiger partial charge in [0.25, 0.3) is 5.91 Å². The average Bonchev–Trinajstić information content (AvgIpc) is 2.67. The summed E-state index contributed by atoms with van der Waals surface area (Å²) in [7, 11) is 5.66. The zero-order valence-electron chi connectivity index (χ0n) is 17.1. The Balaban J connectivity index is 1.88. The highest BCUT2D eigenvalue weighted by Gasteiger charge is 2.20. The van der Waals surface area contributed by atoms with Crippen molar-refractivity contribution in [3.63, 3.8) is 0 Å². The molecule has 1 atom stereocenters. The minimum Gasteiger partial charge on any atom is -0.496 e. The van der Waals surface area contributed by atoms with Crippen molar-refractivity contribution >= 4 is 16.8 Å². The molecule has 0 saturated heterocycles. The monoisotopic (exact) mass is 377 g/mol. The lowest BCUT2D eigenvalue weighted by molar-refractivity contribution is 0.0943. The molecule has 0 aliphatic heterocycles. The van der Waals surface area contributed by atoms with E-state index in [1.165, 1.54) is 0 Å². The van der Waals surface area contributed by atoms with E-state index in [0.29, 0.717) is 12.1 Å². The Morgan fingerprint density at radius 1 is 1.14 bits per heavy atom. The van der Waals surface area contributed by atoms with Gasteiger partial charge in [0.15, 0.2) is 0 Å². The third-order valence-corrected chi connectivity index (χ3v) is 4.91. The van der Waals surface area contributed by atoms with Crippen LogP contribution in [0.5, 0.6) is 5.75 Å². The summed E-state index contributed by atoms with van der Waals surface area (Å²) in [6.07, 6.45) is 0. The normalized spacial score (nSPS) is 12.2. The van der Waals surface area contributed by atoms with Gasteiger partial charge in [-0.05, 0) is 52.2 Å². The number of likely N-dealkylation sites (N-methyl/N-ethyl adjacent to an activating group) is 1. The topological polar surface area (TPSA) is 54.5 Å². The molecule has 0 spiro atoms. The molecule has 5 nitrogen and oxygen atoms in total. The molecule has 146 valence electrons. The molecule has 1 aromatic heterocycles. The Labute approximate surface area is 166 Å². The smallest absolute Gasteiger partial charge is 0.252 e. The molecule has 1 heterocycles. The van der Waals surface area contributed by atoms with Crippen LogP contribution in [0.1, 0.15) is 33.2 Å². The second-order valence-corrected chi connectivity index (χ2v) is 7.26. The predicted octanol–water partition coefficient (Wildman–Crippen LogP) is 3.89. The van der Waals surface area contributed by atoms with E-state index in [4.69, 9.17) is 4.74 Å². The maximum Gasteiger partial charge on any atom is 0.252 e. The van der Waals surface area contributed by atoms with Crippen molar-refractivity contribution < 1.29 is 9.53 Å². The third kappa shape index (κ3) is 4.15. The van der Waals surface area contributed by atoms with Crippen LogP contribution in [0.3, 0.4) is 0 Å². The Kier molecular flexibility index (Phi) is 5.95. The highest BCUT2D eigenvalue weighted by Crippen LogP contribution is 2.27. The molecule has 0 fully saturated rings. The van der Waals surface area contributed by atoms with Crippen molar-refractivity contribution in [3.8, 4) is 5.75 Å². The molecule has 1 N–H and O–H groups in total. The van der Waals surface area contributed by atoms with Crippen LogP contribution in [-0.2, 0) is 0 Å². The number of carbonyl (C=O) groups is 1. The van der Waals surface area contributed by atoms with Crippen LogP contribution in [0.15, 0.2) is 48.5 Å². The summed E-state index contributed by atoms with van der Waals surface area (Å²) in [5, 5.41) is 3.98. The quantitative estimate of drug-likeness (QED) is 0.708. The summed E-state index contributed by atoms with van der Waals surface area (Å²) >= 11 is 0. The number of rotatable bonds is 6. The number of fused-ring (bicyclic) bond motifs is 1. The molecule has 0 radical (unpaired) electrons. The van der Waals surface area contributed by atoms with Gasteiger partial charge in [0.2, 0.25) is 0 Å². The second-order valence-electron chi connectivity index (χ2n) is 7.26. The van der Waals surface area contributed by atoms with Crippen LogP contribution in [0.2, 0.25) is 0 Å². The number of hydrogen-bond donors (Lipinski definition) is 1. The van der Waals surface area contributed by atoms with E-state index in [-0.39, 0.29) is 11.9 Å². The van der Waals surface area contributed by atoms with Crippen molar-refractivity contribution in [2.45, 2.75) is 19.9 Å². The van der Waals surface area contributed by atoms with E-state index in [0.717, 1.165) is 33.5 Å². The van der Waals surface area contributed by atoms with Gasteiger partial charge in [-0.3, -0.25) is 9.78 Å². The minimum absolute atomic E-state index is 0.00367. The number of benzene rings is 2. The highest BCUT2D eigenvalue weighted by atomic mass is 16.5. The van der Waals surface area contributed by atoms with Crippen LogP contribution in [-0.4, -0.2) is 43.5 Å². The van der Waals surface area contributed by atoms with Gasteiger partial charge in [-0.2, -0.15) is 0 Å². The van der Waals surface area contributed by atoms with Crippen LogP contribution >= 0.6 is 0 Å². The number of pyridine rings is 1. The van der Waals surface area contributed by atoms with Gasteiger partial charge in [-0.15, -0.1) is 0 Å². The lowest BCUT2D eigenvalue weighted by Gasteiger charge is -2.26. The summed E-state index contributed by atoms with van der Waals surface area (Å²) in [5.74, 6) is 0.721. The Morgan fingerprint density at radius 2 is 1.89 bits per heavy atom. The van der Waals surface area contributed by atoms with E-state index in [1.54, 1.807) is 7.11 Å². The Bertz CT molecular complexity index is 998. The molecule has 0 aliphatic rings. The van der Waals surface area contributed by atoms with Gasteiger partial charge in [0.1, 0.15) is 5.75 Å². The van der Waals surface area contributed by atoms with Gasteiger partial charge >= 0.3 is 0 Å². The van der Waals surface area contributed by atoms with E-state index in [1.807, 2.05) is 76.5 Å². The van der Waals surface area contributed by atoms with Gasteiger partial charge in [0, 0.05) is 23.2 Å². The zero-order valence-corrected chi connectivity index (χ0v) is 17.1. The zero-order chi connectivity index (χ0) is 20.3. The first kappa shape index (κ1) is 19.8. The number of methoxy groups -OCH3 is 1. The number of nitrogens with zero attached hydrogens (tertiary/aromatic N) is 2. The molecule has 3 aromatic rings. The largest absolute Gasteiger partial charge is 0.496 e. The first-order chi connectivity index (χ1) is 13.4. The molecule has 1 amide bonds. The summed E-state index contributed by atoms with van der Waals surface area (Å²) in [5.41, 5.74) is 4.47. The van der Waals surface area contributed by atoms with Gasteiger partial charge in [0.05, 0.1) is 24.2 Å². The SMILES string of the molecule is COc1ccccc1C(CNC(=O)c1cc(C)nc2ccc(C)cc12)N(C)C. The van der Waals surface area contributed by atoms with Gasteiger partial charge < -0.3 is 15.0 Å². The first-order valence-corrected chi connectivity index (χ1v) is 9.36. The number of aryl methyl sites for hydroxylation is 2. The van der Waals surface area contributed by atoms with Crippen LogP contribution in [0.4, 0.5) is 0 Å². The number of hydrogen-bond acceptors (Lipinski definition) is 4. The predicted molar refractivity (Wildman–Crippen MR) is 113 cm³/mol. The number of nitrogens with one attached hydrogen (secondary N) is 1. The van der Waals surface area contributed by atoms with E-state index in [2.05, 4.69) is 15.2 Å². The van der Waals surface area contributed by atoms with Crippen molar-refractivity contribution in [2.24, 2.45) is 0 Å². The van der Waals surface area contributed by atoms with Crippen LogP contribution in [0, 0.1) is 13.8 Å². The number of para-hydroxylation sites is 1. The van der Waals surface area contributed by atoms with Crippen LogP contribution in [0.25, 0.3) is 10.9 Å². The first-order valence-electron chi connectivity index (χ1n) is 9.36. The van der Waals surface area contributed by atoms with Crippen molar-refractivity contribution in [2.75, 3.05) is 27.7 Å². The van der Waals surface area contributed by atoms with Crippen molar-refractivity contribution in [1.82, 2.24) is 15.2 Å². The molecule has 0 saturated carbocycles. The van der Waals surface area contributed by atoms with Crippen LogP contribution < -0.4 is 10.1 Å². The van der Waals surface area contributed by atoms with E-state index >= 15 is 0 Å². The maximum atomic E-state index is 13.0. The van der Waals surface area contributed by atoms with E-state index in [9.17, 15) is 4.79 Å². The molecule has 0 aliphatic carbocycles. The van der Waals surface area contributed by atoms with E-state index < -0.39 is 0 Å². The lowest BCUT2D eigenvalue weighted by atomic mass is 10.0. The molecular weight excluding hydrogens is 350 g/mol. The fraction of sp³-hybridized carbons (Fsp3) is 0.304. The fourth-order valence-electron chi connectivity index (χ4n) is 3.46. The summed E-state index contributed by atoms with van der Waals surface area (Å²) in [4.78, 5) is 19.7. The fourth-order valence-corrected chi connectivity index (χ4v) is 3.46. The highest BCUT2D eigenvalue weighted by molar-refractivity contribution is 6.06. The van der Waals surface area contributed by atoms with Crippen molar-refractivity contribution in [1.29, 1.82) is 0 Å². The summed E-state index contributed by atoms with van der Waals surface area (Å²) in [6.45, 7) is 4.40.